The Hall–Kier alpha value is -2.46. The highest BCUT2D eigenvalue weighted by atomic mass is 16.1. The maximum Gasteiger partial charge on any atom is 0.258 e. The molecule has 0 unspecified atom stereocenters. The van der Waals surface area contributed by atoms with E-state index in [9.17, 15) is 4.79 Å². The Balaban J connectivity index is 1.65. The second-order valence-corrected chi connectivity index (χ2v) is 6.97. The number of hydrogen-bond donors (Lipinski definition) is 0. The van der Waals surface area contributed by atoms with Crippen LogP contribution in [0.15, 0.2) is 53.3 Å². The standard InChI is InChI=1S/C21H23N3O/c1-15-7-5-12-20-22-17(13-21(25)24(15)20)14-23(2)19-11-6-9-16-8-3-4-10-18(16)19/h3-5,7-8,10,12-13,19H,6,9,11,14H2,1-2H3/t19-/m0/s1. The Bertz CT molecular complexity index is 976. The summed E-state index contributed by atoms with van der Waals surface area (Å²) in [7, 11) is 2.13. The molecule has 4 heteroatoms. The third kappa shape index (κ3) is 2.98. The van der Waals surface area contributed by atoms with Crippen LogP contribution in [0.3, 0.4) is 0 Å². The number of rotatable bonds is 3. The van der Waals surface area contributed by atoms with Crippen molar-refractivity contribution in [3.8, 4) is 0 Å². The van der Waals surface area contributed by atoms with Gasteiger partial charge in [-0.1, -0.05) is 30.3 Å². The monoisotopic (exact) mass is 333 g/mol. The molecule has 0 bridgehead atoms. The van der Waals surface area contributed by atoms with Crippen LogP contribution in [0, 0.1) is 6.92 Å². The van der Waals surface area contributed by atoms with Crippen LogP contribution in [0.5, 0.6) is 0 Å². The molecule has 1 aliphatic carbocycles. The van der Waals surface area contributed by atoms with Crippen molar-refractivity contribution in [3.05, 3.63) is 81.4 Å². The van der Waals surface area contributed by atoms with Gasteiger partial charge in [-0.25, -0.2) is 4.98 Å². The van der Waals surface area contributed by atoms with Crippen molar-refractivity contribution in [2.45, 2.75) is 38.8 Å². The van der Waals surface area contributed by atoms with Gasteiger partial charge < -0.3 is 0 Å². The molecule has 1 atom stereocenters. The highest BCUT2D eigenvalue weighted by molar-refractivity contribution is 5.40. The fraction of sp³-hybridized carbons (Fsp3) is 0.333. The van der Waals surface area contributed by atoms with Gasteiger partial charge in [0.2, 0.25) is 0 Å². The third-order valence-electron chi connectivity index (χ3n) is 5.21. The molecule has 2 aromatic heterocycles. The predicted octanol–water partition coefficient (Wildman–Crippen LogP) is 3.51. The van der Waals surface area contributed by atoms with Crippen molar-refractivity contribution in [1.29, 1.82) is 0 Å². The summed E-state index contributed by atoms with van der Waals surface area (Å²) in [4.78, 5) is 19.5. The van der Waals surface area contributed by atoms with Crippen molar-refractivity contribution in [2.24, 2.45) is 0 Å². The Morgan fingerprint density at radius 1 is 1.20 bits per heavy atom. The van der Waals surface area contributed by atoms with Gasteiger partial charge in [-0.15, -0.1) is 0 Å². The minimum atomic E-state index is -0.00413. The van der Waals surface area contributed by atoms with E-state index >= 15 is 0 Å². The molecule has 4 rings (SSSR count). The SMILES string of the molecule is Cc1cccc2nc(CN(C)[C@H]3CCCc4ccccc43)cc(=O)n12. The number of aryl methyl sites for hydroxylation is 2. The summed E-state index contributed by atoms with van der Waals surface area (Å²) in [5, 5.41) is 0. The molecule has 0 aliphatic heterocycles. The van der Waals surface area contributed by atoms with E-state index in [1.807, 2.05) is 25.1 Å². The van der Waals surface area contributed by atoms with Crippen LogP contribution in [-0.4, -0.2) is 21.3 Å². The van der Waals surface area contributed by atoms with E-state index < -0.39 is 0 Å². The minimum Gasteiger partial charge on any atom is -0.294 e. The molecule has 4 nitrogen and oxygen atoms in total. The lowest BCUT2D eigenvalue weighted by molar-refractivity contribution is 0.211. The number of hydrogen-bond acceptors (Lipinski definition) is 3. The van der Waals surface area contributed by atoms with E-state index in [2.05, 4.69) is 36.2 Å². The normalized spacial score (nSPS) is 17.0. The lowest BCUT2D eigenvalue weighted by Gasteiger charge is -2.33. The topological polar surface area (TPSA) is 37.6 Å². The first-order valence-electron chi connectivity index (χ1n) is 8.90. The summed E-state index contributed by atoms with van der Waals surface area (Å²) < 4.78 is 1.67. The fourth-order valence-corrected chi connectivity index (χ4v) is 4.00. The van der Waals surface area contributed by atoms with Crippen LogP contribution < -0.4 is 5.56 Å². The van der Waals surface area contributed by atoms with E-state index in [4.69, 9.17) is 4.98 Å². The smallest absolute Gasteiger partial charge is 0.258 e. The van der Waals surface area contributed by atoms with Crippen LogP contribution in [0.25, 0.3) is 5.65 Å². The average molecular weight is 333 g/mol. The first-order chi connectivity index (χ1) is 12.1. The zero-order valence-electron chi connectivity index (χ0n) is 14.8. The summed E-state index contributed by atoms with van der Waals surface area (Å²) in [6.45, 7) is 2.61. The molecule has 128 valence electrons. The molecule has 0 N–H and O–H groups in total. The van der Waals surface area contributed by atoms with Crippen LogP contribution in [-0.2, 0) is 13.0 Å². The molecule has 0 spiro atoms. The molecular weight excluding hydrogens is 310 g/mol. The lowest BCUT2D eigenvalue weighted by atomic mass is 9.87. The second-order valence-electron chi connectivity index (χ2n) is 6.97. The molecular formula is C21H23N3O. The average Bonchev–Trinajstić information content (AvgIpc) is 2.61. The number of nitrogens with zero attached hydrogens (tertiary/aromatic N) is 3. The van der Waals surface area contributed by atoms with Crippen molar-refractivity contribution < 1.29 is 0 Å². The van der Waals surface area contributed by atoms with Crippen molar-refractivity contribution in [1.82, 2.24) is 14.3 Å². The third-order valence-corrected chi connectivity index (χ3v) is 5.21. The largest absolute Gasteiger partial charge is 0.294 e. The van der Waals surface area contributed by atoms with Gasteiger partial charge in [0.15, 0.2) is 0 Å². The summed E-state index contributed by atoms with van der Waals surface area (Å²) in [6.07, 6.45) is 3.52. The maximum absolute atomic E-state index is 12.5. The zero-order valence-corrected chi connectivity index (χ0v) is 14.8. The lowest BCUT2D eigenvalue weighted by Crippen LogP contribution is -2.29. The minimum absolute atomic E-state index is 0.00413. The quantitative estimate of drug-likeness (QED) is 0.736. The summed E-state index contributed by atoms with van der Waals surface area (Å²) in [5.74, 6) is 0. The predicted molar refractivity (Wildman–Crippen MR) is 99.8 cm³/mol. The van der Waals surface area contributed by atoms with Gasteiger partial charge in [0.05, 0.1) is 5.69 Å². The molecule has 0 amide bonds. The molecule has 25 heavy (non-hydrogen) atoms. The highest BCUT2D eigenvalue weighted by Gasteiger charge is 2.23. The number of pyridine rings is 1. The Kier molecular flexibility index (Phi) is 4.14. The van der Waals surface area contributed by atoms with Crippen LogP contribution >= 0.6 is 0 Å². The first kappa shape index (κ1) is 16.0. The number of fused-ring (bicyclic) bond motifs is 2. The van der Waals surface area contributed by atoms with E-state index in [0.717, 1.165) is 29.9 Å². The Morgan fingerprint density at radius 3 is 2.92 bits per heavy atom. The Labute approximate surface area is 147 Å². The van der Waals surface area contributed by atoms with Gasteiger partial charge in [-0.05, 0) is 56.5 Å². The van der Waals surface area contributed by atoms with E-state index in [-0.39, 0.29) is 5.56 Å². The molecule has 1 aromatic carbocycles. The van der Waals surface area contributed by atoms with Crippen LogP contribution in [0.4, 0.5) is 0 Å². The molecule has 0 saturated carbocycles. The van der Waals surface area contributed by atoms with Crippen molar-refractivity contribution >= 4 is 5.65 Å². The van der Waals surface area contributed by atoms with Gasteiger partial charge in [0, 0.05) is 24.3 Å². The fourth-order valence-electron chi connectivity index (χ4n) is 4.00. The van der Waals surface area contributed by atoms with E-state index in [0.29, 0.717) is 12.6 Å². The molecule has 3 aromatic rings. The van der Waals surface area contributed by atoms with Crippen molar-refractivity contribution in [2.75, 3.05) is 7.05 Å². The highest BCUT2D eigenvalue weighted by Crippen LogP contribution is 2.33. The van der Waals surface area contributed by atoms with Gasteiger partial charge >= 0.3 is 0 Å². The van der Waals surface area contributed by atoms with Gasteiger partial charge in [-0.2, -0.15) is 0 Å². The number of aromatic nitrogens is 2. The van der Waals surface area contributed by atoms with E-state index in [1.54, 1.807) is 10.5 Å². The van der Waals surface area contributed by atoms with Gasteiger partial charge in [-0.3, -0.25) is 14.1 Å². The van der Waals surface area contributed by atoms with Crippen LogP contribution in [0.2, 0.25) is 0 Å². The molecule has 0 saturated heterocycles. The Morgan fingerprint density at radius 2 is 2.04 bits per heavy atom. The molecule has 0 fully saturated rings. The van der Waals surface area contributed by atoms with Crippen LogP contribution in [0.1, 0.15) is 41.4 Å². The summed E-state index contributed by atoms with van der Waals surface area (Å²) >= 11 is 0. The van der Waals surface area contributed by atoms with Gasteiger partial charge in [0.25, 0.3) is 5.56 Å². The summed E-state index contributed by atoms with van der Waals surface area (Å²) in [5.41, 5.74) is 5.34. The number of benzene rings is 1. The summed E-state index contributed by atoms with van der Waals surface area (Å²) in [6, 6.07) is 16.6. The van der Waals surface area contributed by atoms with Gasteiger partial charge in [0.1, 0.15) is 5.65 Å². The maximum atomic E-state index is 12.5. The van der Waals surface area contributed by atoms with Crippen molar-refractivity contribution in [3.63, 3.8) is 0 Å². The second kappa shape index (κ2) is 6.45. The first-order valence-corrected chi connectivity index (χ1v) is 8.90. The molecule has 2 heterocycles. The van der Waals surface area contributed by atoms with E-state index in [1.165, 1.54) is 17.5 Å². The zero-order chi connectivity index (χ0) is 17.4. The molecule has 1 aliphatic rings. The molecule has 0 radical (unpaired) electrons.